The maximum atomic E-state index is 12.9. The molecule has 1 aromatic carbocycles. The standard InChI is InChI=1S/C26H27N3O4/c1-17-13-23(19(3)28(17)15-22-11-8-12-32-22)24(30)16-33-26(31)25-18(2)27-29(20(25)4)14-21-9-6-5-7-10-21/h5-13H,14-16H2,1-4H3. The second-order valence-electron chi connectivity index (χ2n) is 8.14. The highest BCUT2D eigenvalue weighted by molar-refractivity contribution is 6.00. The summed E-state index contributed by atoms with van der Waals surface area (Å²) in [4.78, 5) is 25.7. The van der Waals surface area contributed by atoms with Crippen LogP contribution >= 0.6 is 0 Å². The second-order valence-corrected chi connectivity index (χ2v) is 8.14. The van der Waals surface area contributed by atoms with Gasteiger partial charge < -0.3 is 13.7 Å². The SMILES string of the molecule is Cc1nn(Cc2ccccc2)c(C)c1C(=O)OCC(=O)c1cc(C)n(Cc2ccco2)c1C. The molecule has 33 heavy (non-hydrogen) atoms. The minimum atomic E-state index is -0.540. The van der Waals surface area contributed by atoms with Gasteiger partial charge in [0.2, 0.25) is 5.78 Å². The average molecular weight is 446 g/mol. The van der Waals surface area contributed by atoms with E-state index >= 15 is 0 Å². The van der Waals surface area contributed by atoms with Crippen molar-refractivity contribution < 1.29 is 18.7 Å². The Hall–Kier alpha value is -3.87. The number of rotatable bonds is 8. The molecular formula is C26H27N3O4. The first-order valence-corrected chi connectivity index (χ1v) is 10.8. The van der Waals surface area contributed by atoms with Crippen LogP contribution in [0, 0.1) is 27.7 Å². The van der Waals surface area contributed by atoms with E-state index in [2.05, 4.69) is 5.10 Å². The van der Waals surface area contributed by atoms with Crippen LogP contribution in [0.15, 0.2) is 59.2 Å². The molecule has 0 N–H and O–H groups in total. The summed E-state index contributed by atoms with van der Waals surface area (Å²) < 4.78 is 14.6. The number of carbonyl (C=O) groups excluding carboxylic acids is 2. The molecule has 3 heterocycles. The van der Waals surface area contributed by atoms with Crippen molar-refractivity contribution in [1.82, 2.24) is 14.3 Å². The van der Waals surface area contributed by atoms with Crippen molar-refractivity contribution in [2.45, 2.75) is 40.8 Å². The molecule has 0 unspecified atom stereocenters. The molecule has 170 valence electrons. The van der Waals surface area contributed by atoms with Crippen molar-refractivity contribution in [2.75, 3.05) is 6.61 Å². The molecule has 0 spiro atoms. The average Bonchev–Trinajstić information content (AvgIpc) is 3.48. The summed E-state index contributed by atoms with van der Waals surface area (Å²) in [6.45, 7) is 8.20. The van der Waals surface area contributed by atoms with Crippen molar-refractivity contribution in [2.24, 2.45) is 0 Å². The zero-order chi connectivity index (χ0) is 23.5. The van der Waals surface area contributed by atoms with Crippen LogP contribution in [0.1, 0.15) is 54.8 Å². The molecule has 7 heteroatoms. The quantitative estimate of drug-likeness (QED) is 0.291. The fourth-order valence-electron chi connectivity index (χ4n) is 4.07. The molecule has 3 aromatic heterocycles. The van der Waals surface area contributed by atoms with Crippen molar-refractivity contribution in [3.05, 3.63) is 100 Å². The van der Waals surface area contributed by atoms with Crippen molar-refractivity contribution >= 4 is 11.8 Å². The predicted molar refractivity (Wildman–Crippen MR) is 124 cm³/mol. The number of hydrogen-bond donors (Lipinski definition) is 0. The molecule has 4 aromatic rings. The Labute approximate surface area is 192 Å². The lowest BCUT2D eigenvalue weighted by atomic mass is 10.1. The first-order valence-electron chi connectivity index (χ1n) is 10.8. The number of furan rings is 1. The van der Waals surface area contributed by atoms with Gasteiger partial charge in [-0.15, -0.1) is 0 Å². The molecular weight excluding hydrogens is 418 g/mol. The Morgan fingerprint density at radius 2 is 1.73 bits per heavy atom. The van der Waals surface area contributed by atoms with Crippen LogP contribution in [0.25, 0.3) is 0 Å². The third kappa shape index (κ3) is 4.67. The highest BCUT2D eigenvalue weighted by Gasteiger charge is 2.23. The molecule has 0 radical (unpaired) electrons. The summed E-state index contributed by atoms with van der Waals surface area (Å²) >= 11 is 0. The first kappa shape index (κ1) is 22.3. The van der Waals surface area contributed by atoms with Gasteiger partial charge in [-0.05, 0) is 51.5 Å². The fraction of sp³-hybridized carbons (Fsp3) is 0.269. The summed E-state index contributed by atoms with van der Waals surface area (Å²) in [5.41, 5.74) is 5.08. The smallest absolute Gasteiger partial charge is 0.342 e. The number of benzene rings is 1. The normalized spacial score (nSPS) is 11.0. The third-order valence-corrected chi connectivity index (χ3v) is 5.86. The van der Waals surface area contributed by atoms with Crippen LogP contribution in [0.2, 0.25) is 0 Å². The van der Waals surface area contributed by atoms with Gasteiger partial charge in [0.25, 0.3) is 0 Å². The number of nitrogens with zero attached hydrogens (tertiary/aromatic N) is 3. The van der Waals surface area contributed by atoms with Crippen LogP contribution < -0.4 is 0 Å². The molecule has 0 amide bonds. The van der Waals surface area contributed by atoms with E-state index in [4.69, 9.17) is 9.15 Å². The molecule has 0 saturated carbocycles. The minimum Gasteiger partial charge on any atom is -0.467 e. The van der Waals surface area contributed by atoms with Gasteiger partial charge in [-0.2, -0.15) is 5.10 Å². The van der Waals surface area contributed by atoms with E-state index < -0.39 is 5.97 Å². The Morgan fingerprint density at radius 3 is 2.42 bits per heavy atom. The summed E-state index contributed by atoms with van der Waals surface area (Å²) in [5, 5.41) is 4.49. The van der Waals surface area contributed by atoms with Crippen LogP contribution in [0.3, 0.4) is 0 Å². The maximum Gasteiger partial charge on any atom is 0.342 e. The topological polar surface area (TPSA) is 79.3 Å². The van der Waals surface area contributed by atoms with Crippen LogP contribution in [-0.4, -0.2) is 32.7 Å². The van der Waals surface area contributed by atoms with E-state index in [0.29, 0.717) is 35.6 Å². The highest BCUT2D eigenvalue weighted by Crippen LogP contribution is 2.20. The number of aryl methyl sites for hydroxylation is 2. The molecule has 0 atom stereocenters. The highest BCUT2D eigenvalue weighted by atomic mass is 16.5. The zero-order valence-electron chi connectivity index (χ0n) is 19.3. The van der Waals surface area contributed by atoms with E-state index in [-0.39, 0.29) is 12.4 Å². The Morgan fingerprint density at radius 1 is 0.970 bits per heavy atom. The van der Waals surface area contributed by atoms with Crippen LogP contribution in [-0.2, 0) is 17.8 Å². The predicted octanol–water partition coefficient (Wildman–Crippen LogP) is 4.65. The molecule has 0 aliphatic rings. The lowest BCUT2D eigenvalue weighted by molar-refractivity contribution is 0.0473. The van der Waals surface area contributed by atoms with Crippen LogP contribution in [0.5, 0.6) is 0 Å². The Balaban J connectivity index is 1.44. The lowest BCUT2D eigenvalue weighted by Gasteiger charge is -2.08. The van der Waals surface area contributed by atoms with Gasteiger partial charge in [0, 0.05) is 17.0 Å². The number of aromatic nitrogens is 3. The second kappa shape index (κ2) is 9.32. The number of ketones is 1. The summed E-state index contributed by atoms with van der Waals surface area (Å²) in [6, 6.07) is 15.5. The van der Waals surface area contributed by atoms with Gasteiger partial charge in [-0.25, -0.2) is 4.79 Å². The molecule has 7 nitrogen and oxygen atoms in total. The largest absolute Gasteiger partial charge is 0.467 e. The monoisotopic (exact) mass is 445 g/mol. The number of Topliss-reactive ketones (excluding diaryl/α,β-unsaturated/α-hetero) is 1. The lowest BCUT2D eigenvalue weighted by Crippen LogP contribution is -2.16. The van der Waals surface area contributed by atoms with E-state index in [1.807, 2.05) is 73.9 Å². The summed E-state index contributed by atoms with van der Waals surface area (Å²) in [6.07, 6.45) is 1.63. The number of hydrogen-bond acceptors (Lipinski definition) is 5. The van der Waals surface area contributed by atoms with E-state index in [1.165, 1.54) is 0 Å². The van der Waals surface area contributed by atoms with E-state index in [0.717, 1.165) is 22.7 Å². The minimum absolute atomic E-state index is 0.242. The summed E-state index contributed by atoms with van der Waals surface area (Å²) in [5.74, 6) is 0.0249. The van der Waals surface area contributed by atoms with Gasteiger partial charge in [-0.1, -0.05) is 30.3 Å². The van der Waals surface area contributed by atoms with E-state index in [9.17, 15) is 9.59 Å². The molecule has 0 fully saturated rings. The summed E-state index contributed by atoms with van der Waals surface area (Å²) in [7, 11) is 0. The van der Waals surface area contributed by atoms with Gasteiger partial charge >= 0.3 is 5.97 Å². The molecule has 4 rings (SSSR count). The van der Waals surface area contributed by atoms with Gasteiger partial charge in [0.1, 0.15) is 11.3 Å². The third-order valence-electron chi connectivity index (χ3n) is 5.86. The maximum absolute atomic E-state index is 12.9. The number of ether oxygens (including phenoxy) is 1. The fourth-order valence-corrected chi connectivity index (χ4v) is 4.07. The van der Waals surface area contributed by atoms with Gasteiger partial charge in [-0.3, -0.25) is 9.48 Å². The van der Waals surface area contributed by atoms with E-state index in [1.54, 1.807) is 17.9 Å². The molecule has 0 aliphatic heterocycles. The number of esters is 1. The Kier molecular flexibility index (Phi) is 6.31. The van der Waals surface area contributed by atoms with Crippen LogP contribution in [0.4, 0.5) is 0 Å². The zero-order valence-corrected chi connectivity index (χ0v) is 19.3. The van der Waals surface area contributed by atoms with Crippen molar-refractivity contribution in [3.8, 4) is 0 Å². The first-order chi connectivity index (χ1) is 15.8. The molecule has 0 aliphatic carbocycles. The van der Waals surface area contributed by atoms with Gasteiger partial charge in [0.05, 0.1) is 30.7 Å². The van der Waals surface area contributed by atoms with Crippen molar-refractivity contribution in [1.29, 1.82) is 0 Å². The molecule has 0 saturated heterocycles. The van der Waals surface area contributed by atoms with Gasteiger partial charge in [0.15, 0.2) is 6.61 Å². The molecule has 0 bridgehead atoms. The van der Waals surface area contributed by atoms with Crippen molar-refractivity contribution in [3.63, 3.8) is 0 Å². The number of carbonyl (C=O) groups is 2. The Bertz CT molecular complexity index is 1280.